The van der Waals surface area contributed by atoms with Crippen molar-refractivity contribution in [3.63, 3.8) is 0 Å². The fourth-order valence-electron chi connectivity index (χ4n) is 0.666. The maximum absolute atomic E-state index is 11.0. The van der Waals surface area contributed by atoms with Gasteiger partial charge in [-0.3, -0.25) is 0 Å². The minimum atomic E-state index is -3.20. The lowest BCUT2D eigenvalue weighted by molar-refractivity contribution is 0.410. The van der Waals surface area contributed by atoms with E-state index in [0.29, 0.717) is 5.75 Å². The molecule has 0 fully saturated rings. The van der Waals surface area contributed by atoms with Crippen LogP contribution in [0, 0.1) is 6.20 Å². The minimum absolute atomic E-state index is 0.137. The fourth-order valence-corrected chi connectivity index (χ4v) is 1.23. The molecule has 1 aromatic heterocycles. The summed E-state index contributed by atoms with van der Waals surface area (Å²) in [5.74, 6) is 0.318. The van der Waals surface area contributed by atoms with Crippen LogP contribution in [-0.2, 0) is 9.84 Å². The van der Waals surface area contributed by atoms with Crippen molar-refractivity contribution in [2.45, 2.75) is 4.90 Å². The normalized spacial score (nSPS) is 11.2. The van der Waals surface area contributed by atoms with Crippen LogP contribution in [0.5, 0.6) is 5.75 Å². The van der Waals surface area contributed by atoms with Crippen molar-refractivity contribution in [1.82, 2.24) is 4.98 Å². The second kappa shape index (κ2) is 3.10. The summed E-state index contributed by atoms with van der Waals surface area (Å²) in [5, 5.41) is 0. The third-order valence-electron chi connectivity index (χ3n) is 1.29. The summed E-state index contributed by atoms with van der Waals surface area (Å²) < 4.78 is 26.8. The molecule has 0 bridgehead atoms. The molecule has 12 heavy (non-hydrogen) atoms. The highest BCUT2D eigenvalue weighted by molar-refractivity contribution is 7.90. The van der Waals surface area contributed by atoms with Crippen LogP contribution in [0.2, 0.25) is 0 Å². The van der Waals surface area contributed by atoms with E-state index < -0.39 is 9.84 Å². The summed E-state index contributed by atoms with van der Waals surface area (Å²) in [6.45, 7) is 0. The molecule has 1 rings (SSSR count). The Morgan fingerprint density at radius 2 is 2.25 bits per heavy atom. The summed E-state index contributed by atoms with van der Waals surface area (Å²) in [5.41, 5.74) is 0. The van der Waals surface area contributed by atoms with Gasteiger partial charge in [-0.25, -0.2) is 13.4 Å². The third kappa shape index (κ3) is 1.94. The first-order valence-electron chi connectivity index (χ1n) is 3.16. The summed E-state index contributed by atoms with van der Waals surface area (Å²) in [7, 11) is -1.77. The molecule has 0 aliphatic heterocycles. The predicted octanol–water partition coefficient (Wildman–Crippen LogP) is 0.294. The van der Waals surface area contributed by atoms with Gasteiger partial charge in [0.25, 0.3) is 0 Å². The Kier molecular flexibility index (Phi) is 2.32. The number of hydrogen-bond donors (Lipinski definition) is 0. The summed E-state index contributed by atoms with van der Waals surface area (Å²) in [4.78, 5) is 3.73. The van der Waals surface area contributed by atoms with E-state index in [9.17, 15) is 8.42 Å². The molecule has 0 unspecified atom stereocenters. The van der Waals surface area contributed by atoms with E-state index in [4.69, 9.17) is 4.74 Å². The highest BCUT2D eigenvalue weighted by atomic mass is 32.2. The molecule has 1 aromatic rings. The maximum Gasteiger partial charge on any atom is 0.177 e. The molecule has 0 aliphatic rings. The van der Waals surface area contributed by atoms with Gasteiger partial charge in [-0.05, 0) is 0 Å². The second-order valence-corrected chi connectivity index (χ2v) is 4.27. The van der Waals surface area contributed by atoms with Crippen LogP contribution >= 0.6 is 0 Å². The monoisotopic (exact) mass is 186 g/mol. The van der Waals surface area contributed by atoms with Gasteiger partial charge >= 0.3 is 0 Å². The predicted molar refractivity (Wildman–Crippen MR) is 42.7 cm³/mol. The molecule has 0 atom stereocenters. The number of ether oxygens (including phenoxy) is 1. The Balaban J connectivity index is 3.20. The first kappa shape index (κ1) is 8.99. The van der Waals surface area contributed by atoms with Crippen LogP contribution in [0.4, 0.5) is 0 Å². The zero-order valence-electron chi connectivity index (χ0n) is 6.73. The number of aromatic nitrogens is 1. The molecular formula is C7H8NO3S. The Labute approximate surface area is 71.1 Å². The lowest BCUT2D eigenvalue weighted by Crippen LogP contribution is -1.98. The van der Waals surface area contributed by atoms with Gasteiger partial charge in [0.05, 0.1) is 12.0 Å². The lowest BCUT2D eigenvalue weighted by Gasteiger charge is -1.99. The quantitative estimate of drug-likeness (QED) is 0.666. The van der Waals surface area contributed by atoms with E-state index in [0.717, 1.165) is 6.26 Å². The molecule has 1 heterocycles. The molecule has 0 saturated carbocycles. The largest absolute Gasteiger partial charge is 0.494 e. The Bertz CT molecular complexity index is 372. The van der Waals surface area contributed by atoms with Crippen molar-refractivity contribution >= 4 is 9.84 Å². The minimum Gasteiger partial charge on any atom is -0.494 e. The summed E-state index contributed by atoms with van der Waals surface area (Å²) in [6, 6.07) is 1.38. The van der Waals surface area contributed by atoms with E-state index in [1.165, 1.54) is 19.4 Å². The van der Waals surface area contributed by atoms with E-state index in [1.807, 2.05) is 0 Å². The number of sulfone groups is 1. The first-order valence-corrected chi connectivity index (χ1v) is 5.05. The molecule has 4 nitrogen and oxygen atoms in total. The molecule has 0 aromatic carbocycles. The van der Waals surface area contributed by atoms with Crippen molar-refractivity contribution in [3.05, 3.63) is 18.5 Å². The summed E-state index contributed by atoms with van der Waals surface area (Å²) in [6.07, 6.45) is 4.84. The number of rotatable bonds is 2. The maximum atomic E-state index is 11.0. The summed E-state index contributed by atoms with van der Waals surface area (Å²) >= 11 is 0. The smallest absolute Gasteiger partial charge is 0.177 e. The van der Waals surface area contributed by atoms with Gasteiger partial charge in [0.15, 0.2) is 9.84 Å². The van der Waals surface area contributed by atoms with Crippen LogP contribution < -0.4 is 4.74 Å². The van der Waals surface area contributed by atoms with Crippen molar-refractivity contribution in [1.29, 1.82) is 0 Å². The van der Waals surface area contributed by atoms with Gasteiger partial charge in [-0.2, -0.15) is 0 Å². The Morgan fingerprint density at radius 3 is 2.75 bits per heavy atom. The Hall–Kier alpha value is -1.10. The zero-order chi connectivity index (χ0) is 9.19. The van der Waals surface area contributed by atoms with Gasteiger partial charge in [0.1, 0.15) is 11.9 Å². The highest BCUT2D eigenvalue weighted by Crippen LogP contribution is 2.13. The number of methoxy groups -OCH3 is 1. The third-order valence-corrected chi connectivity index (χ3v) is 2.37. The molecule has 0 amide bonds. The van der Waals surface area contributed by atoms with Crippen molar-refractivity contribution in [2.75, 3.05) is 13.4 Å². The van der Waals surface area contributed by atoms with E-state index >= 15 is 0 Å². The van der Waals surface area contributed by atoms with Gasteiger partial charge in [0, 0.05) is 18.5 Å². The van der Waals surface area contributed by atoms with Crippen LogP contribution in [0.15, 0.2) is 17.2 Å². The Morgan fingerprint density at radius 1 is 1.58 bits per heavy atom. The van der Waals surface area contributed by atoms with Crippen LogP contribution in [-0.4, -0.2) is 26.8 Å². The van der Waals surface area contributed by atoms with Crippen LogP contribution in [0.1, 0.15) is 0 Å². The van der Waals surface area contributed by atoms with Gasteiger partial charge < -0.3 is 4.74 Å². The van der Waals surface area contributed by atoms with Gasteiger partial charge in [0.2, 0.25) is 0 Å². The van der Waals surface area contributed by atoms with Crippen molar-refractivity contribution in [3.8, 4) is 5.75 Å². The van der Waals surface area contributed by atoms with Crippen LogP contribution in [0.25, 0.3) is 0 Å². The van der Waals surface area contributed by atoms with Crippen molar-refractivity contribution in [2.24, 2.45) is 0 Å². The standard InChI is InChI=1S/C7H8NO3S/c1-11-6-3-7(5-8-4-6)12(2,9)10/h3,5H,1-2H3. The van der Waals surface area contributed by atoms with E-state index in [2.05, 4.69) is 11.2 Å². The molecule has 0 saturated heterocycles. The molecule has 1 radical (unpaired) electrons. The first-order chi connectivity index (χ1) is 5.54. The molecule has 0 aliphatic carbocycles. The average molecular weight is 186 g/mol. The van der Waals surface area contributed by atoms with E-state index in [1.54, 1.807) is 0 Å². The fraction of sp³-hybridized carbons (Fsp3) is 0.286. The second-order valence-electron chi connectivity index (χ2n) is 2.26. The van der Waals surface area contributed by atoms with Gasteiger partial charge in [-0.15, -0.1) is 0 Å². The SMILES string of the molecule is COc1[c]ncc(S(C)(=O)=O)c1. The molecule has 5 heteroatoms. The average Bonchev–Trinajstić information content (AvgIpc) is 2.03. The molecule has 0 N–H and O–H groups in total. The topological polar surface area (TPSA) is 56.3 Å². The number of pyridine rings is 1. The van der Waals surface area contributed by atoms with Crippen LogP contribution in [0.3, 0.4) is 0 Å². The van der Waals surface area contributed by atoms with Gasteiger partial charge in [-0.1, -0.05) is 0 Å². The molecular weight excluding hydrogens is 178 g/mol. The molecule has 0 spiro atoms. The molecule has 65 valence electrons. The lowest BCUT2D eigenvalue weighted by atomic mass is 10.5. The zero-order valence-corrected chi connectivity index (χ0v) is 7.55. The number of hydrogen-bond acceptors (Lipinski definition) is 4. The van der Waals surface area contributed by atoms with Crippen molar-refractivity contribution < 1.29 is 13.2 Å². The number of nitrogens with zero attached hydrogens (tertiary/aromatic N) is 1. The van der Waals surface area contributed by atoms with E-state index in [-0.39, 0.29) is 4.90 Å². The highest BCUT2D eigenvalue weighted by Gasteiger charge is 2.07.